The highest BCUT2D eigenvalue weighted by Gasteiger charge is 2.33. The fourth-order valence-corrected chi connectivity index (χ4v) is 4.74. The molecule has 0 radical (unpaired) electrons. The van der Waals surface area contributed by atoms with Gasteiger partial charge in [-0.05, 0) is 71.8 Å². The van der Waals surface area contributed by atoms with Gasteiger partial charge in [0.1, 0.15) is 6.61 Å². The van der Waals surface area contributed by atoms with Crippen LogP contribution in [0.15, 0.2) is 82.7 Å². The van der Waals surface area contributed by atoms with E-state index in [0.717, 1.165) is 16.8 Å². The maximum Gasteiger partial charge on any atom is 0.335 e. The van der Waals surface area contributed by atoms with Gasteiger partial charge in [0, 0.05) is 20.3 Å². The van der Waals surface area contributed by atoms with Crippen LogP contribution in [0.5, 0.6) is 11.5 Å². The number of benzene rings is 3. The van der Waals surface area contributed by atoms with Crippen molar-refractivity contribution in [2.24, 2.45) is 4.99 Å². The van der Waals surface area contributed by atoms with E-state index in [1.165, 1.54) is 23.9 Å². The molecule has 38 heavy (non-hydrogen) atoms. The number of hydrogen-bond donors (Lipinski definition) is 1. The number of nitrogens with zero attached hydrogens (tertiary/aromatic N) is 2. The summed E-state index contributed by atoms with van der Waals surface area (Å²) in [6.07, 6.45) is 2.52. The van der Waals surface area contributed by atoms with Crippen LogP contribution in [0.1, 0.15) is 27.9 Å². The third-order valence-corrected chi connectivity index (χ3v) is 6.69. The lowest BCUT2D eigenvalue weighted by Crippen LogP contribution is -2.30. The van der Waals surface area contributed by atoms with Crippen LogP contribution in [0.3, 0.4) is 0 Å². The van der Waals surface area contributed by atoms with Crippen LogP contribution in [0.25, 0.3) is 6.08 Å². The monoisotopic (exact) mass is 532 g/mol. The highest BCUT2D eigenvalue weighted by Crippen LogP contribution is 2.36. The molecule has 196 valence electrons. The predicted molar refractivity (Wildman–Crippen MR) is 148 cm³/mol. The topological polar surface area (TPSA) is 97.7 Å². The molecule has 3 aromatic rings. The Morgan fingerprint density at radius 2 is 1.79 bits per heavy atom. The third-order valence-electron chi connectivity index (χ3n) is 5.68. The number of carbonyl (C=O) groups is 2. The van der Waals surface area contributed by atoms with Gasteiger partial charge in [0.15, 0.2) is 16.7 Å². The summed E-state index contributed by atoms with van der Waals surface area (Å²) in [4.78, 5) is 31.3. The molecule has 0 bridgehead atoms. The van der Waals surface area contributed by atoms with E-state index < -0.39 is 5.97 Å². The Balaban J connectivity index is 1.52. The Labute approximate surface area is 225 Å². The fraction of sp³-hybridized carbons (Fsp3) is 0.207. The molecule has 4 rings (SSSR count). The van der Waals surface area contributed by atoms with E-state index in [1.807, 2.05) is 48.5 Å². The zero-order valence-corrected chi connectivity index (χ0v) is 21.9. The van der Waals surface area contributed by atoms with Crippen molar-refractivity contribution in [1.82, 2.24) is 4.90 Å². The van der Waals surface area contributed by atoms with E-state index in [1.54, 1.807) is 37.3 Å². The Bertz CT molecular complexity index is 1340. The minimum Gasteiger partial charge on any atom is -0.493 e. The lowest BCUT2D eigenvalue weighted by Gasteiger charge is -2.15. The summed E-state index contributed by atoms with van der Waals surface area (Å²) in [5.41, 5.74) is 2.61. The summed E-state index contributed by atoms with van der Waals surface area (Å²) in [6.45, 7) is 1.31. The number of amides is 1. The van der Waals surface area contributed by atoms with E-state index in [2.05, 4.69) is 0 Å². The van der Waals surface area contributed by atoms with Crippen LogP contribution in [0.4, 0.5) is 5.69 Å². The number of thioether (sulfide) groups is 1. The first-order chi connectivity index (χ1) is 18.5. The van der Waals surface area contributed by atoms with Crippen LogP contribution < -0.4 is 9.47 Å². The number of para-hydroxylation sites is 1. The zero-order chi connectivity index (χ0) is 26.9. The van der Waals surface area contributed by atoms with Crippen LogP contribution in [0.2, 0.25) is 0 Å². The number of amidine groups is 1. The zero-order valence-electron chi connectivity index (χ0n) is 21.1. The van der Waals surface area contributed by atoms with Crippen LogP contribution in [-0.4, -0.2) is 54.4 Å². The number of aromatic carboxylic acids is 1. The van der Waals surface area contributed by atoms with Gasteiger partial charge in [-0.1, -0.05) is 36.4 Å². The van der Waals surface area contributed by atoms with E-state index in [0.29, 0.717) is 41.1 Å². The number of ether oxygens (including phenoxy) is 3. The fourth-order valence-electron chi connectivity index (χ4n) is 3.72. The van der Waals surface area contributed by atoms with E-state index in [9.17, 15) is 9.59 Å². The van der Waals surface area contributed by atoms with E-state index >= 15 is 0 Å². The van der Waals surface area contributed by atoms with Crippen molar-refractivity contribution in [3.63, 3.8) is 0 Å². The Kier molecular flexibility index (Phi) is 9.18. The van der Waals surface area contributed by atoms with Crippen molar-refractivity contribution in [2.45, 2.75) is 13.0 Å². The first kappa shape index (κ1) is 27.0. The van der Waals surface area contributed by atoms with Crippen molar-refractivity contribution >= 4 is 40.6 Å². The molecule has 1 heterocycles. The van der Waals surface area contributed by atoms with Crippen molar-refractivity contribution in [3.8, 4) is 11.5 Å². The second kappa shape index (κ2) is 12.9. The highest BCUT2D eigenvalue weighted by atomic mass is 32.2. The van der Waals surface area contributed by atoms with Crippen LogP contribution >= 0.6 is 11.8 Å². The number of methoxy groups -OCH3 is 2. The summed E-state index contributed by atoms with van der Waals surface area (Å²) >= 11 is 1.34. The second-order valence-electron chi connectivity index (χ2n) is 8.34. The summed E-state index contributed by atoms with van der Waals surface area (Å²) < 4.78 is 16.6. The quantitative estimate of drug-likeness (QED) is 0.253. The molecule has 0 spiro atoms. The lowest BCUT2D eigenvalue weighted by atomic mass is 10.1. The Morgan fingerprint density at radius 1 is 1.03 bits per heavy atom. The molecule has 0 unspecified atom stereocenters. The highest BCUT2D eigenvalue weighted by molar-refractivity contribution is 8.18. The number of rotatable bonds is 11. The van der Waals surface area contributed by atoms with Gasteiger partial charge in [-0.3, -0.25) is 9.69 Å². The van der Waals surface area contributed by atoms with Gasteiger partial charge in [0.25, 0.3) is 5.91 Å². The minimum absolute atomic E-state index is 0.107. The minimum atomic E-state index is -0.973. The predicted octanol–water partition coefficient (Wildman–Crippen LogP) is 5.61. The largest absolute Gasteiger partial charge is 0.493 e. The smallest absolute Gasteiger partial charge is 0.335 e. The molecular formula is C29H28N2O6S. The number of carboxylic acid groups (broad SMARTS) is 1. The van der Waals surface area contributed by atoms with Crippen molar-refractivity contribution < 1.29 is 28.9 Å². The van der Waals surface area contributed by atoms with Gasteiger partial charge in [-0.15, -0.1) is 0 Å². The van der Waals surface area contributed by atoms with Gasteiger partial charge >= 0.3 is 5.97 Å². The van der Waals surface area contributed by atoms with Gasteiger partial charge in [-0.25, -0.2) is 9.79 Å². The average molecular weight is 533 g/mol. The number of hydrogen-bond acceptors (Lipinski definition) is 7. The molecule has 3 aromatic carbocycles. The van der Waals surface area contributed by atoms with Crippen molar-refractivity contribution in [1.29, 1.82) is 0 Å². The average Bonchev–Trinajstić information content (AvgIpc) is 3.22. The molecule has 1 saturated heterocycles. The van der Waals surface area contributed by atoms with Gasteiger partial charge in [-0.2, -0.15) is 0 Å². The molecule has 8 nitrogen and oxygen atoms in total. The number of carbonyl (C=O) groups excluding carboxylic acids is 1. The summed E-state index contributed by atoms with van der Waals surface area (Å²) in [5.74, 6) is -0.0221. The van der Waals surface area contributed by atoms with E-state index in [4.69, 9.17) is 24.3 Å². The normalized spacial score (nSPS) is 15.3. The Morgan fingerprint density at radius 3 is 2.47 bits per heavy atom. The molecule has 1 aliphatic rings. The van der Waals surface area contributed by atoms with Crippen LogP contribution in [0, 0.1) is 0 Å². The Hall–Kier alpha value is -4.08. The number of aliphatic imine (C=N–C) groups is 1. The SMILES string of the molecule is COCCCN1C(=O)/C(=C/c2ccc(OCc3ccc(C(=O)O)cc3)c(OC)c2)SC1=Nc1ccccc1. The lowest BCUT2D eigenvalue weighted by molar-refractivity contribution is -0.122. The molecule has 0 aromatic heterocycles. The molecule has 1 N–H and O–H groups in total. The van der Waals surface area contributed by atoms with Crippen molar-refractivity contribution in [3.05, 3.63) is 94.4 Å². The molecule has 0 aliphatic carbocycles. The van der Waals surface area contributed by atoms with Gasteiger partial charge in [0.05, 0.1) is 23.3 Å². The van der Waals surface area contributed by atoms with E-state index in [-0.39, 0.29) is 18.1 Å². The van der Waals surface area contributed by atoms with Gasteiger partial charge in [0.2, 0.25) is 0 Å². The first-order valence-electron chi connectivity index (χ1n) is 12.0. The summed E-state index contributed by atoms with van der Waals surface area (Å²) in [7, 11) is 3.19. The van der Waals surface area contributed by atoms with Crippen molar-refractivity contribution in [2.75, 3.05) is 27.4 Å². The maximum absolute atomic E-state index is 13.3. The molecule has 1 aliphatic heterocycles. The molecule has 0 saturated carbocycles. The van der Waals surface area contributed by atoms with Gasteiger partial charge < -0.3 is 19.3 Å². The standard InChI is InChI=1S/C29H28N2O6S/c1-35-16-6-15-31-27(32)26(38-29(31)30-23-7-4-3-5-8-23)18-21-11-14-24(25(17-21)36-2)37-19-20-9-12-22(13-10-20)28(33)34/h3-5,7-14,17-18H,6,15-16,19H2,1-2H3,(H,33,34)/b26-18-,30-29?. The van der Waals surface area contributed by atoms with Crippen LogP contribution in [-0.2, 0) is 16.1 Å². The maximum atomic E-state index is 13.3. The second-order valence-corrected chi connectivity index (χ2v) is 9.35. The molecule has 1 amide bonds. The summed E-state index contributed by atoms with van der Waals surface area (Å²) in [6, 6.07) is 21.5. The molecular weight excluding hydrogens is 504 g/mol. The molecule has 1 fully saturated rings. The first-order valence-corrected chi connectivity index (χ1v) is 12.8. The summed E-state index contributed by atoms with van der Waals surface area (Å²) in [5, 5.41) is 9.68. The molecule has 9 heteroatoms. The molecule has 0 atom stereocenters. The third kappa shape index (κ3) is 6.81. The number of carboxylic acids is 1.